The van der Waals surface area contributed by atoms with E-state index in [0.717, 1.165) is 30.2 Å². The maximum absolute atomic E-state index is 12.1. The largest absolute Gasteiger partial charge is 0.760 e. The molecule has 2 aromatic rings. The smallest absolute Gasteiger partial charge is 0.240 e. The van der Waals surface area contributed by atoms with Crippen LogP contribution < -0.4 is 10.6 Å². The predicted octanol–water partition coefficient (Wildman–Crippen LogP) is 1.57. The van der Waals surface area contributed by atoms with Crippen LogP contribution in [0.3, 0.4) is 0 Å². The fraction of sp³-hybridized carbons (Fsp3) is 0.440. The molecular weight excluding hydrogens is 452 g/mol. The first kappa shape index (κ1) is 25.8. The second kappa shape index (κ2) is 12.6. The van der Waals surface area contributed by atoms with Gasteiger partial charge in [0.15, 0.2) is 0 Å². The number of carbonyl (C=O) groups is 2. The molecule has 0 saturated carbocycles. The second-order valence-corrected chi connectivity index (χ2v) is 9.47. The second-order valence-electron chi connectivity index (χ2n) is 8.52. The van der Waals surface area contributed by atoms with E-state index in [4.69, 9.17) is 6.42 Å². The van der Waals surface area contributed by atoms with Crippen LogP contribution in [0.4, 0.5) is 0 Å². The first-order valence-corrected chi connectivity index (χ1v) is 12.4. The first-order valence-electron chi connectivity index (χ1n) is 11.4. The van der Waals surface area contributed by atoms with E-state index in [2.05, 4.69) is 64.8 Å². The highest BCUT2D eigenvalue weighted by molar-refractivity contribution is 7.76. The lowest BCUT2D eigenvalue weighted by atomic mass is 9.93. The molecule has 2 N–H and O–H groups in total. The highest BCUT2D eigenvalue weighted by atomic mass is 32.2. The Balaban J connectivity index is 1.50. The zero-order valence-electron chi connectivity index (χ0n) is 19.4. The molecule has 0 aromatic heterocycles. The monoisotopic (exact) mass is 483 g/mol. The van der Waals surface area contributed by atoms with E-state index in [1.54, 1.807) is 0 Å². The van der Waals surface area contributed by atoms with Crippen LogP contribution in [0.5, 0.6) is 0 Å². The van der Waals surface area contributed by atoms with Gasteiger partial charge in [0.05, 0.1) is 19.6 Å². The van der Waals surface area contributed by atoms with Crippen molar-refractivity contribution in [3.8, 4) is 12.3 Å². The Morgan fingerprint density at radius 3 is 2.59 bits per heavy atom. The van der Waals surface area contributed by atoms with Crippen molar-refractivity contribution in [3.05, 3.63) is 48.0 Å². The van der Waals surface area contributed by atoms with Crippen LogP contribution >= 0.6 is 0 Å². The molecule has 8 nitrogen and oxygen atoms in total. The van der Waals surface area contributed by atoms with Crippen molar-refractivity contribution in [3.63, 3.8) is 0 Å². The lowest BCUT2D eigenvalue weighted by Gasteiger charge is -2.38. The summed E-state index contributed by atoms with van der Waals surface area (Å²) in [6, 6.07) is 15.0. The molecule has 2 unspecified atom stereocenters. The zero-order chi connectivity index (χ0) is 24.5. The van der Waals surface area contributed by atoms with E-state index in [9.17, 15) is 18.4 Å². The summed E-state index contributed by atoms with van der Waals surface area (Å²) in [5.41, 5.74) is 1.29. The van der Waals surface area contributed by atoms with Gasteiger partial charge in [-0.25, -0.2) is 4.31 Å². The van der Waals surface area contributed by atoms with Gasteiger partial charge in [-0.15, -0.1) is 6.42 Å². The molecule has 1 aliphatic heterocycles. The van der Waals surface area contributed by atoms with Crippen LogP contribution in [0, 0.1) is 18.3 Å². The molecule has 34 heavy (non-hydrogen) atoms. The van der Waals surface area contributed by atoms with E-state index >= 15 is 0 Å². The Morgan fingerprint density at radius 2 is 1.88 bits per heavy atom. The van der Waals surface area contributed by atoms with Crippen LogP contribution in [0.2, 0.25) is 0 Å². The van der Waals surface area contributed by atoms with E-state index in [-0.39, 0.29) is 38.1 Å². The first-order chi connectivity index (χ1) is 16.4. The van der Waals surface area contributed by atoms with E-state index < -0.39 is 23.1 Å². The van der Waals surface area contributed by atoms with Gasteiger partial charge in [-0.05, 0) is 55.1 Å². The summed E-state index contributed by atoms with van der Waals surface area (Å²) in [5.74, 6) is 1.49. The maximum atomic E-state index is 12.1. The van der Waals surface area contributed by atoms with Crippen LogP contribution in [0.15, 0.2) is 42.5 Å². The molecular formula is C25H31N4O4S-. The number of likely N-dealkylation sites (tertiary alicyclic amines) is 1. The van der Waals surface area contributed by atoms with Crippen molar-refractivity contribution in [2.75, 3.05) is 39.3 Å². The predicted molar refractivity (Wildman–Crippen MR) is 132 cm³/mol. The molecule has 0 spiro atoms. The molecule has 1 fully saturated rings. The molecule has 9 heteroatoms. The summed E-state index contributed by atoms with van der Waals surface area (Å²) in [7, 11) is 0. The minimum absolute atomic E-state index is 0.0726. The van der Waals surface area contributed by atoms with Crippen molar-refractivity contribution in [1.82, 2.24) is 19.8 Å². The molecule has 0 aliphatic carbocycles. The summed E-state index contributed by atoms with van der Waals surface area (Å²) < 4.78 is 24.5. The number of rotatable bonds is 10. The van der Waals surface area contributed by atoms with Gasteiger partial charge in [0.25, 0.3) is 0 Å². The van der Waals surface area contributed by atoms with Gasteiger partial charge in [-0.3, -0.25) is 18.7 Å². The van der Waals surface area contributed by atoms with E-state index in [1.807, 2.05) is 6.07 Å². The van der Waals surface area contributed by atoms with Gasteiger partial charge in [0.1, 0.15) is 0 Å². The molecule has 2 aromatic carbocycles. The van der Waals surface area contributed by atoms with Gasteiger partial charge < -0.3 is 15.2 Å². The number of carbonyl (C=O) groups excluding carboxylic acids is 2. The third kappa shape index (κ3) is 7.11. The number of hydrogen-bond acceptors (Lipinski definition) is 5. The molecule has 0 bridgehead atoms. The van der Waals surface area contributed by atoms with Crippen LogP contribution in [0.25, 0.3) is 10.8 Å². The van der Waals surface area contributed by atoms with Crippen LogP contribution in [0.1, 0.15) is 31.4 Å². The van der Waals surface area contributed by atoms with E-state index in [1.165, 1.54) is 16.3 Å². The van der Waals surface area contributed by atoms with Crippen molar-refractivity contribution in [2.24, 2.45) is 5.92 Å². The topological polar surface area (TPSA) is 105 Å². The molecule has 1 saturated heterocycles. The van der Waals surface area contributed by atoms with Gasteiger partial charge in [0.2, 0.25) is 11.8 Å². The Kier molecular flexibility index (Phi) is 9.60. The lowest BCUT2D eigenvalue weighted by molar-refractivity contribution is -0.126. The number of fused-ring (bicyclic) bond motifs is 1. The minimum Gasteiger partial charge on any atom is -0.760 e. The Bertz CT molecular complexity index is 1060. The SMILES string of the molecule is C#CCNC(=O)CNC(=O)CN(CC1CCN(C(C)c2cccc3ccccc23)CC1)S(=O)[O-]. The normalized spacial score (nSPS) is 16.6. The number of benzene rings is 2. The van der Waals surface area contributed by atoms with E-state index in [0.29, 0.717) is 0 Å². The van der Waals surface area contributed by atoms with Crippen LogP contribution in [-0.2, 0) is 20.9 Å². The molecule has 2 amide bonds. The summed E-state index contributed by atoms with van der Waals surface area (Å²) in [4.78, 5) is 26.1. The summed E-state index contributed by atoms with van der Waals surface area (Å²) >= 11 is -2.53. The average molecular weight is 484 g/mol. The van der Waals surface area contributed by atoms with Crippen molar-refractivity contribution in [1.29, 1.82) is 0 Å². The Labute approximate surface area is 203 Å². The summed E-state index contributed by atoms with van der Waals surface area (Å²) in [6.07, 6.45) is 6.76. The number of amides is 2. The molecule has 1 aliphatic rings. The Hall–Kier alpha value is -2.77. The summed E-state index contributed by atoms with van der Waals surface area (Å²) in [5, 5.41) is 7.34. The standard InChI is InChI=1S/C25H32N4O4S/c1-3-13-26-24(30)16-27-25(31)18-29(34(32)33)17-20-11-14-28(15-12-20)19(2)22-10-6-8-21-7-4-5-9-23(21)22/h1,4-10,19-20H,11-18H2,2H3,(H,26,30)(H,27,31)(H,32,33)/p-1. The number of terminal acetylenes is 1. The Morgan fingerprint density at radius 1 is 1.18 bits per heavy atom. The summed E-state index contributed by atoms with van der Waals surface area (Å²) in [6.45, 7) is 3.72. The quantitative estimate of drug-likeness (QED) is 0.394. The highest BCUT2D eigenvalue weighted by Gasteiger charge is 2.26. The number of piperidine rings is 1. The molecule has 2 atom stereocenters. The lowest BCUT2D eigenvalue weighted by Crippen LogP contribution is -2.45. The number of nitrogens with one attached hydrogen (secondary N) is 2. The third-order valence-electron chi connectivity index (χ3n) is 6.30. The number of hydrogen-bond donors (Lipinski definition) is 2. The zero-order valence-corrected chi connectivity index (χ0v) is 20.2. The highest BCUT2D eigenvalue weighted by Crippen LogP contribution is 2.31. The third-order valence-corrected chi connectivity index (χ3v) is 7.00. The minimum atomic E-state index is -2.53. The maximum Gasteiger partial charge on any atom is 0.240 e. The van der Waals surface area contributed by atoms with Gasteiger partial charge >= 0.3 is 0 Å². The number of nitrogens with zero attached hydrogens (tertiary/aromatic N) is 2. The molecule has 1 heterocycles. The van der Waals surface area contributed by atoms with Gasteiger partial charge in [-0.2, -0.15) is 0 Å². The fourth-order valence-corrected chi connectivity index (χ4v) is 4.96. The average Bonchev–Trinajstić information content (AvgIpc) is 2.85. The van der Waals surface area contributed by atoms with Gasteiger partial charge in [0, 0.05) is 23.9 Å². The molecule has 182 valence electrons. The van der Waals surface area contributed by atoms with Crippen molar-refractivity contribution < 1.29 is 18.4 Å². The fourth-order valence-electron chi connectivity index (χ4n) is 4.41. The molecule has 3 rings (SSSR count). The van der Waals surface area contributed by atoms with Crippen molar-refractivity contribution in [2.45, 2.75) is 25.8 Å². The van der Waals surface area contributed by atoms with Crippen molar-refractivity contribution >= 4 is 33.9 Å². The van der Waals surface area contributed by atoms with Crippen LogP contribution in [-0.4, -0.2) is 69.0 Å². The molecule has 0 radical (unpaired) electrons. The van der Waals surface area contributed by atoms with Gasteiger partial charge in [-0.1, -0.05) is 48.4 Å².